The van der Waals surface area contributed by atoms with Gasteiger partial charge in [-0.05, 0) is 30.4 Å². The first-order valence-corrected chi connectivity index (χ1v) is 6.62. The molecule has 0 spiro atoms. The zero-order valence-electron chi connectivity index (χ0n) is 12.5. The highest BCUT2D eigenvalue weighted by atomic mass is 19.1. The molecule has 0 saturated heterocycles. The van der Waals surface area contributed by atoms with Gasteiger partial charge in [-0.1, -0.05) is 0 Å². The van der Waals surface area contributed by atoms with E-state index >= 15 is 0 Å². The van der Waals surface area contributed by atoms with E-state index in [1.165, 1.54) is 50.6 Å². The molecule has 0 fully saturated rings. The number of halogens is 1. The van der Waals surface area contributed by atoms with Gasteiger partial charge in [0.2, 0.25) is 0 Å². The summed E-state index contributed by atoms with van der Waals surface area (Å²) >= 11 is 0. The molecule has 0 bridgehead atoms. The molecule has 0 aromatic heterocycles. The van der Waals surface area contributed by atoms with Gasteiger partial charge in [-0.3, -0.25) is 4.79 Å². The number of benzene rings is 2. The molecule has 6 heteroatoms. The topological polar surface area (TPSA) is 76.0 Å². The lowest BCUT2D eigenvalue weighted by Gasteiger charge is -2.07. The van der Waals surface area contributed by atoms with Crippen LogP contribution in [0.25, 0.3) is 6.08 Å². The van der Waals surface area contributed by atoms with E-state index in [0.29, 0.717) is 0 Å². The lowest BCUT2D eigenvalue weighted by Crippen LogP contribution is -1.98. The number of hydrogen-bond donors (Lipinski definition) is 2. The van der Waals surface area contributed by atoms with Crippen LogP contribution < -0.4 is 9.47 Å². The van der Waals surface area contributed by atoms with Crippen molar-refractivity contribution < 1.29 is 28.9 Å². The summed E-state index contributed by atoms with van der Waals surface area (Å²) in [6, 6.07) is 6.26. The third kappa shape index (κ3) is 3.60. The fraction of sp³-hybridized carbons (Fsp3) is 0.118. The summed E-state index contributed by atoms with van der Waals surface area (Å²) in [4.78, 5) is 12.2. The molecular formula is C17H15FO5. The molecule has 0 amide bonds. The van der Waals surface area contributed by atoms with Gasteiger partial charge in [0.25, 0.3) is 0 Å². The van der Waals surface area contributed by atoms with Crippen LogP contribution in [-0.2, 0) is 0 Å². The summed E-state index contributed by atoms with van der Waals surface area (Å²) in [5.74, 6) is -1.16. The number of ether oxygens (including phenoxy) is 2. The van der Waals surface area contributed by atoms with Gasteiger partial charge in [-0.15, -0.1) is 0 Å². The second kappa shape index (κ2) is 6.83. The highest BCUT2D eigenvalue weighted by Crippen LogP contribution is 2.30. The quantitative estimate of drug-likeness (QED) is 0.654. The molecule has 0 aliphatic heterocycles. The molecule has 0 saturated carbocycles. The number of phenols is 2. The fourth-order valence-electron chi connectivity index (χ4n) is 1.99. The average Bonchev–Trinajstić information content (AvgIpc) is 2.53. The Labute approximate surface area is 132 Å². The van der Waals surface area contributed by atoms with Crippen molar-refractivity contribution in [2.24, 2.45) is 0 Å². The van der Waals surface area contributed by atoms with Gasteiger partial charge in [0.15, 0.2) is 17.3 Å². The number of aromatic hydroxyl groups is 2. The molecule has 23 heavy (non-hydrogen) atoms. The molecule has 0 heterocycles. The summed E-state index contributed by atoms with van der Waals surface area (Å²) in [6.07, 6.45) is 2.44. The summed E-state index contributed by atoms with van der Waals surface area (Å²) in [7, 11) is 2.71. The van der Waals surface area contributed by atoms with Crippen LogP contribution in [0.15, 0.2) is 36.4 Å². The maximum atomic E-state index is 13.8. The number of allylic oxidation sites excluding steroid dienone is 1. The van der Waals surface area contributed by atoms with Crippen LogP contribution in [0.3, 0.4) is 0 Å². The maximum Gasteiger partial charge on any atom is 0.189 e. The molecule has 2 rings (SSSR count). The molecule has 0 unspecified atom stereocenters. The Morgan fingerprint density at radius 3 is 2.43 bits per heavy atom. The van der Waals surface area contributed by atoms with E-state index in [2.05, 4.69) is 0 Å². The predicted molar refractivity (Wildman–Crippen MR) is 82.6 cm³/mol. The minimum atomic E-state index is -0.690. The number of hydrogen-bond acceptors (Lipinski definition) is 5. The van der Waals surface area contributed by atoms with Crippen molar-refractivity contribution in [3.8, 4) is 23.0 Å². The summed E-state index contributed by atoms with van der Waals surface area (Å²) in [5, 5.41) is 18.9. The van der Waals surface area contributed by atoms with Crippen molar-refractivity contribution in [1.82, 2.24) is 0 Å². The van der Waals surface area contributed by atoms with Gasteiger partial charge in [0, 0.05) is 17.7 Å². The molecule has 0 atom stereocenters. The van der Waals surface area contributed by atoms with Gasteiger partial charge < -0.3 is 19.7 Å². The van der Waals surface area contributed by atoms with Crippen LogP contribution in [-0.4, -0.2) is 30.2 Å². The lowest BCUT2D eigenvalue weighted by atomic mass is 10.1. The lowest BCUT2D eigenvalue weighted by molar-refractivity contribution is 0.104. The van der Waals surface area contributed by atoms with Crippen LogP contribution in [0, 0.1) is 5.82 Å². The van der Waals surface area contributed by atoms with Crippen molar-refractivity contribution in [1.29, 1.82) is 0 Å². The molecule has 2 aromatic carbocycles. The summed E-state index contributed by atoms with van der Waals surface area (Å²) in [6.45, 7) is 0. The van der Waals surface area contributed by atoms with Gasteiger partial charge in [0.05, 0.1) is 19.8 Å². The SMILES string of the molecule is COc1cc(C=CC(=O)c2ccc(O)cc2OC)c(F)cc1O. The van der Waals surface area contributed by atoms with E-state index in [-0.39, 0.29) is 34.1 Å². The first-order chi connectivity index (χ1) is 11.0. The molecular weight excluding hydrogens is 303 g/mol. The van der Waals surface area contributed by atoms with Crippen LogP contribution >= 0.6 is 0 Å². The normalized spacial score (nSPS) is 10.7. The molecule has 0 aliphatic carbocycles. The largest absolute Gasteiger partial charge is 0.508 e. The fourth-order valence-corrected chi connectivity index (χ4v) is 1.99. The molecule has 2 aromatic rings. The van der Waals surface area contributed by atoms with Gasteiger partial charge in [-0.25, -0.2) is 4.39 Å². The Hall–Kier alpha value is -3.02. The standard InChI is InChI=1S/C17H15FO5/c1-22-16-8-11(19)4-5-12(16)14(20)6-3-10-7-17(23-2)15(21)9-13(10)18/h3-9,19,21H,1-2H3. The maximum absolute atomic E-state index is 13.8. The van der Waals surface area contributed by atoms with Crippen molar-refractivity contribution >= 4 is 11.9 Å². The molecule has 2 N–H and O–H groups in total. The van der Waals surface area contributed by atoms with Crippen LogP contribution in [0.4, 0.5) is 4.39 Å². The minimum absolute atomic E-state index is 0.0308. The van der Waals surface area contributed by atoms with Crippen molar-refractivity contribution in [3.63, 3.8) is 0 Å². The molecule has 5 nitrogen and oxygen atoms in total. The zero-order chi connectivity index (χ0) is 17.0. The number of carbonyl (C=O) groups excluding carboxylic acids is 1. The minimum Gasteiger partial charge on any atom is -0.508 e. The summed E-state index contributed by atoms with van der Waals surface area (Å²) in [5.41, 5.74) is 0.318. The number of methoxy groups -OCH3 is 2. The Bertz CT molecular complexity index is 768. The van der Waals surface area contributed by atoms with E-state index in [4.69, 9.17) is 9.47 Å². The van der Waals surface area contributed by atoms with Crippen LogP contribution in [0.5, 0.6) is 23.0 Å². The second-order valence-corrected chi connectivity index (χ2v) is 4.63. The van der Waals surface area contributed by atoms with Crippen molar-refractivity contribution in [2.75, 3.05) is 14.2 Å². The number of rotatable bonds is 5. The average molecular weight is 318 g/mol. The third-order valence-electron chi connectivity index (χ3n) is 3.16. The Kier molecular flexibility index (Phi) is 4.85. The van der Waals surface area contributed by atoms with Crippen molar-refractivity contribution in [2.45, 2.75) is 0 Å². The van der Waals surface area contributed by atoms with E-state index in [0.717, 1.165) is 6.07 Å². The number of carbonyl (C=O) groups is 1. The van der Waals surface area contributed by atoms with Gasteiger partial charge in [-0.2, -0.15) is 0 Å². The highest BCUT2D eigenvalue weighted by molar-refractivity contribution is 6.08. The second-order valence-electron chi connectivity index (χ2n) is 4.63. The molecule has 120 valence electrons. The summed E-state index contributed by atoms with van der Waals surface area (Å²) < 4.78 is 23.7. The first kappa shape index (κ1) is 16.4. The Morgan fingerprint density at radius 2 is 1.78 bits per heavy atom. The Balaban J connectivity index is 2.32. The van der Waals surface area contributed by atoms with Crippen LogP contribution in [0.1, 0.15) is 15.9 Å². The number of phenolic OH excluding ortho intramolecular Hbond substituents is 2. The first-order valence-electron chi connectivity index (χ1n) is 6.62. The monoisotopic (exact) mass is 318 g/mol. The van der Waals surface area contributed by atoms with Gasteiger partial charge in [0.1, 0.15) is 17.3 Å². The zero-order valence-corrected chi connectivity index (χ0v) is 12.5. The third-order valence-corrected chi connectivity index (χ3v) is 3.16. The molecule has 0 aliphatic rings. The van der Waals surface area contributed by atoms with Crippen LogP contribution in [0.2, 0.25) is 0 Å². The van der Waals surface area contributed by atoms with Crippen molar-refractivity contribution in [3.05, 3.63) is 53.4 Å². The van der Waals surface area contributed by atoms with E-state index in [1.807, 2.05) is 0 Å². The predicted octanol–water partition coefficient (Wildman–Crippen LogP) is 3.15. The van der Waals surface area contributed by atoms with E-state index in [9.17, 15) is 19.4 Å². The van der Waals surface area contributed by atoms with Gasteiger partial charge >= 0.3 is 0 Å². The smallest absolute Gasteiger partial charge is 0.189 e. The highest BCUT2D eigenvalue weighted by Gasteiger charge is 2.12. The Morgan fingerprint density at radius 1 is 1.09 bits per heavy atom. The van der Waals surface area contributed by atoms with E-state index < -0.39 is 11.6 Å². The molecule has 0 radical (unpaired) electrons. The number of ketones is 1. The van der Waals surface area contributed by atoms with E-state index in [1.54, 1.807) is 0 Å².